The van der Waals surface area contributed by atoms with Crippen molar-refractivity contribution in [2.24, 2.45) is 5.11 Å². The summed E-state index contributed by atoms with van der Waals surface area (Å²) >= 11 is 12.0. The summed E-state index contributed by atoms with van der Waals surface area (Å²) in [6, 6.07) is 5.63. The molecule has 0 radical (unpaired) electrons. The Morgan fingerprint density at radius 2 is 2.00 bits per heavy atom. The van der Waals surface area contributed by atoms with E-state index in [0.717, 1.165) is 31.6 Å². The molecule has 1 heterocycles. The van der Waals surface area contributed by atoms with Gasteiger partial charge in [-0.1, -0.05) is 28.3 Å². The van der Waals surface area contributed by atoms with E-state index < -0.39 is 0 Å². The number of azide groups is 1. The molecule has 1 fully saturated rings. The molecule has 0 atom stereocenters. The van der Waals surface area contributed by atoms with Crippen molar-refractivity contribution in [1.82, 2.24) is 0 Å². The van der Waals surface area contributed by atoms with E-state index >= 15 is 0 Å². The molecule has 17 heavy (non-hydrogen) atoms. The fourth-order valence-corrected chi connectivity index (χ4v) is 2.56. The number of nitrogens with zero attached hydrogens (tertiary/aromatic N) is 4. The van der Waals surface area contributed by atoms with Gasteiger partial charge in [0.2, 0.25) is 0 Å². The monoisotopic (exact) mass is 270 g/mol. The molecule has 1 saturated heterocycles. The average Bonchev–Trinajstić information content (AvgIpc) is 2.31. The van der Waals surface area contributed by atoms with E-state index in [1.54, 1.807) is 6.07 Å². The smallest absolute Gasteiger partial charge is 0.0654 e. The third-order valence-electron chi connectivity index (χ3n) is 2.93. The quantitative estimate of drug-likeness (QED) is 0.450. The Bertz CT molecular complexity index is 449. The Hall–Kier alpha value is -1.09. The fraction of sp³-hybridized carbons (Fsp3) is 0.455. The van der Waals surface area contributed by atoms with Gasteiger partial charge < -0.3 is 4.90 Å². The van der Waals surface area contributed by atoms with Crippen molar-refractivity contribution in [1.29, 1.82) is 0 Å². The molecule has 1 aliphatic rings. The molecule has 90 valence electrons. The van der Waals surface area contributed by atoms with Crippen LogP contribution in [0.25, 0.3) is 10.4 Å². The number of piperidine rings is 1. The average molecular weight is 271 g/mol. The second-order valence-electron chi connectivity index (χ2n) is 4.02. The third-order valence-corrected chi connectivity index (χ3v) is 3.47. The van der Waals surface area contributed by atoms with Gasteiger partial charge in [-0.2, -0.15) is 0 Å². The van der Waals surface area contributed by atoms with E-state index in [-0.39, 0.29) is 6.04 Å². The molecule has 2 rings (SSSR count). The number of hydrogen-bond acceptors (Lipinski definition) is 2. The molecule has 0 N–H and O–H groups in total. The Morgan fingerprint density at radius 3 is 2.59 bits per heavy atom. The van der Waals surface area contributed by atoms with Gasteiger partial charge in [0.1, 0.15) is 0 Å². The first-order valence-electron chi connectivity index (χ1n) is 5.45. The summed E-state index contributed by atoms with van der Waals surface area (Å²) in [6.07, 6.45) is 1.73. The van der Waals surface area contributed by atoms with Crippen molar-refractivity contribution in [3.63, 3.8) is 0 Å². The molecular formula is C11H12Cl2N4. The van der Waals surface area contributed by atoms with Gasteiger partial charge >= 0.3 is 0 Å². The Kier molecular flexibility index (Phi) is 4.00. The van der Waals surface area contributed by atoms with Crippen LogP contribution in [0.4, 0.5) is 5.69 Å². The zero-order valence-corrected chi connectivity index (χ0v) is 10.7. The predicted molar refractivity (Wildman–Crippen MR) is 70.8 cm³/mol. The number of benzene rings is 1. The van der Waals surface area contributed by atoms with Crippen LogP contribution in [0, 0.1) is 0 Å². The van der Waals surface area contributed by atoms with Gasteiger partial charge in [0.25, 0.3) is 0 Å². The maximum absolute atomic E-state index is 8.39. The van der Waals surface area contributed by atoms with Crippen LogP contribution in [0.1, 0.15) is 12.8 Å². The summed E-state index contributed by atoms with van der Waals surface area (Å²) in [6.45, 7) is 1.70. The lowest BCUT2D eigenvalue weighted by molar-refractivity contribution is 0.500. The molecule has 0 aliphatic carbocycles. The van der Waals surface area contributed by atoms with Crippen molar-refractivity contribution in [2.75, 3.05) is 18.0 Å². The van der Waals surface area contributed by atoms with Gasteiger partial charge in [-0.05, 0) is 36.6 Å². The summed E-state index contributed by atoms with van der Waals surface area (Å²) in [4.78, 5) is 5.05. The lowest BCUT2D eigenvalue weighted by Crippen LogP contribution is -2.35. The Balaban J connectivity index is 2.07. The molecular weight excluding hydrogens is 259 g/mol. The highest BCUT2D eigenvalue weighted by atomic mass is 35.5. The second kappa shape index (κ2) is 5.50. The molecule has 0 amide bonds. The maximum atomic E-state index is 8.39. The number of halogens is 2. The minimum absolute atomic E-state index is 0.113. The van der Waals surface area contributed by atoms with E-state index in [2.05, 4.69) is 14.9 Å². The molecule has 4 nitrogen and oxygen atoms in total. The zero-order chi connectivity index (χ0) is 12.3. The molecule has 6 heteroatoms. The molecule has 0 bridgehead atoms. The lowest BCUT2D eigenvalue weighted by Gasteiger charge is -2.32. The van der Waals surface area contributed by atoms with E-state index in [1.165, 1.54) is 0 Å². The van der Waals surface area contributed by atoms with Gasteiger partial charge in [-0.15, -0.1) is 0 Å². The Labute approximate surface area is 110 Å². The first-order chi connectivity index (χ1) is 8.20. The molecule has 1 aromatic carbocycles. The molecule has 0 saturated carbocycles. The molecule has 0 unspecified atom stereocenters. The highest BCUT2D eigenvalue weighted by Gasteiger charge is 2.19. The number of rotatable bonds is 2. The minimum atomic E-state index is 0.113. The standard InChI is InChI=1S/C11H12Cl2N4/c12-8-1-2-11(10(13)7-8)17-5-3-9(4-6-17)15-16-14/h1-2,7,9H,3-6H2. The summed E-state index contributed by atoms with van der Waals surface area (Å²) in [5, 5.41) is 5.06. The number of anilines is 1. The van der Waals surface area contributed by atoms with Crippen molar-refractivity contribution < 1.29 is 0 Å². The molecule has 0 aromatic heterocycles. The van der Waals surface area contributed by atoms with Crippen LogP contribution >= 0.6 is 23.2 Å². The van der Waals surface area contributed by atoms with E-state index in [4.69, 9.17) is 28.7 Å². The maximum Gasteiger partial charge on any atom is 0.0654 e. The van der Waals surface area contributed by atoms with Crippen molar-refractivity contribution >= 4 is 28.9 Å². The van der Waals surface area contributed by atoms with Crippen LogP contribution in [0.5, 0.6) is 0 Å². The van der Waals surface area contributed by atoms with Crippen LogP contribution in [0.3, 0.4) is 0 Å². The van der Waals surface area contributed by atoms with Gasteiger partial charge in [-0.25, -0.2) is 0 Å². The minimum Gasteiger partial charge on any atom is -0.370 e. The van der Waals surface area contributed by atoms with E-state index in [0.29, 0.717) is 10.0 Å². The van der Waals surface area contributed by atoms with Crippen molar-refractivity contribution in [3.05, 3.63) is 38.7 Å². The van der Waals surface area contributed by atoms with Crippen LogP contribution in [-0.2, 0) is 0 Å². The Morgan fingerprint density at radius 1 is 1.29 bits per heavy atom. The second-order valence-corrected chi connectivity index (χ2v) is 4.86. The predicted octanol–water partition coefficient (Wildman–Crippen LogP) is 4.27. The largest absolute Gasteiger partial charge is 0.370 e. The van der Waals surface area contributed by atoms with Gasteiger partial charge in [0.05, 0.1) is 10.7 Å². The highest BCUT2D eigenvalue weighted by Crippen LogP contribution is 2.31. The van der Waals surface area contributed by atoms with Crippen molar-refractivity contribution in [2.45, 2.75) is 18.9 Å². The van der Waals surface area contributed by atoms with Crippen LogP contribution in [-0.4, -0.2) is 19.1 Å². The van der Waals surface area contributed by atoms with Gasteiger partial charge in [0.15, 0.2) is 0 Å². The first kappa shape index (κ1) is 12.4. The summed E-state index contributed by atoms with van der Waals surface area (Å²) in [5.74, 6) is 0. The SMILES string of the molecule is [N-]=[N+]=NC1CCN(c2ccc(Cl)cc2Cl)CC1. The van der Waals surface area contributed by atoms with E-state index in [1.807, 2.05) is 12.1 Å². The summed E-state index contributed by atoms with van der Waals surface area (Å²) in [5.41, 5.74) is 9.38. The van der Waals surface area contributed by atoms with Crippen LogP contribution in [0.15, 0.2) is 23.3 Å². The molecule has 1 aliphatic heterocycles. The normalized spacial score (nSPS) is 16.7. The number of hydrogen-bond donors (Lipinski definition) is 0. The summed E-state index contributed by atoms with van der Waals surface area (Å²) in [7, 11) is 0. The zero-order valence-electron chi connectivity index (χ0n) is 9.18. The topological polar surface area (TPSA) is 52.0 Å². The molecule has 1 aromatic rings. The first-order valence-corrected chi connectivity index (χ1v) is 6.20. The van der Waals surface area contributed by atoms with Gasteiger partial charge in [-0.3, -0.25) is 0 Å². The van der Waals surface area contributed by atoms with E-state index in [9.17, 15) is 0 Å². The van der Waals surface area contributed by atoms with Gasteiger partial charge in [0, 0.05) is 29.1 Å². The summed E-state index contributed by atoms with van der Waals surface area (Å²) < 4.78 is 0. The third kappa shape index (κ3) is 2.97. The fourth-order valence-electron chi connectivity index (χ4n) is 2.03. The molecule has 0 spiro atoms. The van der Waals surface area contributed by atoms with Crippen LogP contribution < -0.4 is 4.90 Å². The lowest BCUT2D eigenvalue weighted by atomic mass is 10.1. The highest BCUT2D eigenvalue weighted by molar-refractivity contribution is 6.36. The van der Waals surface area contributed by atoms with Crippen molar-refractivity contribution in [3.8, 4) is 0 Å². The van der Waals surface area contributed by atoms with Crippen LogP contribution in [0.2, 0.25) is 10.0 Å².